The molecule has 1 aromatic heterocycles. The van der Waals surface area contributed by atoms with Gasteiger partial charge in [0.25, 0.3) is 0 Å². The second kappa shape index (κ2) is 7.87. The van der Waals surface area contributed by atoms with Gasteiger partial charge in [0.1, 0.15) is 6.10 Å². The highest BCUT2D eigenvalue weighted by Crippen LogP contribution is 2.29. The van der Waals surface area contributed by atoms with Crippen molar-refractivity contribution in [2.45, 2.75) is 20.0 Å². The molecule has 0 amide bonds. The van der Waals surface area contributed by atoms with Crippen molar-refractivity contribution >= 4 is 16.9 Å². The van der Waals surface area contributed by atoms with Crippen molar-refractivity contribution in [3.05, 3.63) is 65.9 Å². The molecule has 5 heteroatoms. The van der Waals surface area contributed by atoms with E-state index in [1.165, 1.54) is 7.11 Å². The average molecular weight is 351 g/mol. The number of pyridine rings is 1. The second-order valence-corrected chi connectivity index (χ2v) is 5.81. The van der Waals surface area contributed by atoms with Crippen molar-refractivity contribution in [2.24, 2.45) is 0 Å². The van der Waals surface area contributed by atoms with E-state index in [4.69, 9.17) is 14.2 Å². The number of methoxy groups -OCH3 is 1. The second-order valence-electron chi connectivity index (χ2n) is 5.81. The first-order valence-corrected chi connectivity index (χ1v) is 8.49. The van der Waals surface area contributed by atoms with Crippen LogP contribution in [0.3, 0.4) is 0 Å². The number of carbonyl (C=O) groups is 1. The van der Waals surface area contributed by atoms with Gasteiger partial charge in [0.05, 0.1) is 24.8 Å². The summed E-state index contributed by atoms with van der Waals surface area (Å²) in [6, 6.07) is 14.8. The minimum atomic E-state index is -0.424. The number of rotatable bonds is 6. The number of ether oxygens (including phenoxy) is 3. The Morgan fingerprint density at radius 2 is 1.92 bits per heavy atom. The Balaban J connectivity index is 1.77. The molecule has 2 aromatic carbocycles. The molecule has 26 heavy (non-hydrogen) atoms. The number of benzene rings is 2. The van der Waals surface area contributed by atoms with E-state index in [0.29, 0.717) is 23.7 Å². The SMILES string of the molecule is CCOc1ccc(C(=O)OC(C)c2cnc3ccccc3c2)cc1OC. The molecular weight excluding hydrogens is 330 g/mol. The number of hydrogen-bond donors (Lipinski definition) is 0. The third-order valence-electron chi connectivity index (χ3n) is 4.06. The van der Waals surface area contributed by atoms with E-state index in [0.717, 1.165) is 16.5 Å². The van der Waals surface area contributed by atoms with E-state index < -0.39 is 12.1 Å². The van der Waals surface area contributed by atoms with Crippen LogP contribution in [0, 0.1) is 0 Å². The highest BCUT2D eigenvalue weighted by atomic mass is 16.5. The first kappa shape index (κ1) is 17.7. The van der Waals surface area contributed by atoms with Crippen molar-refractivity contribution in [3.8, 4) is 11.5 Å². The lowest BCUT2D eigenvalue weighted by Crippen LogP contribution is -2.10. The number of aromatic nitrogens is 1. The van der Waals surface area contributed by atoms with E-state index in [9.17, 15) is 4.79 Å². The van der Waals surface area contributed by atoms with Crippen LogP contribution < -0.4 is 9.47 Å². The van der Waals surface area contributed by atoms with Crippen LogP contribution in [0.5, 0.6) is 11.5 Å². The van der Waals surface area contributed by atoms with Gasteiger partial charge in [-0.05, 0) is 44.2 Å². The molecule has 134 valence electrons. The molecule has 0 saturated heterocycles. The number of esters is 1. The van der Waals surface area contributed by atoms with Gasteiger partial charge in [0.2, 0.25) is 0 Å². The zero-order valence-electron chi connectivity index (χ0n) is 15.1. The summed E-state index contributed by atoms with van der Waals surface area (Å²) < 4.78 is 16.3. The fraction of sp³-hybridized carbons (Fsp3) is 0.238. The number of para-hydroxylation sites is 1. The fourth-order valence-corrected chi connectivity index (χ4v) is 2.68. The molecule has 0 N–H and O–H groups in total. The average Bonchev–Trinajstić information content (AvgIpc) is 2.68. The summed E-state index contributed by atoms with van der Waals surface area (Å²) in [6.07, 6.45) is 1.32. The lowest BCUT2D eigenvalue weighted by molar-refractivity contribution is 0.0337. The molecule has 0 aliphatic rings. The zero-order chi connectivity index (χ0) is 18.5. The monoisotopic (exact) mass is 351 g/mol. The van der Waals surface area contributed by atoms with E-state index >= 15 is 0 Å². The summed E-state index contributed by atoms with van der Waals surface area (Å²) in [7, 11) is 1.54. The summed E-state index contributed by atoms with van der Waals surface area (Å²) in [5, 5.41) is 1.01. The van der Waals surface area contributed by atoms with Crippen LogP contribution in [0.15, 0.2) is 54.7 Å². The molecule has 0 aliphatic carbocycles. The van der Waals surface area contributed by atoms with Gasteiger partial charge in [-0.3, -0.25) is 4.98 Å². The van der Waals surface area contributed by atoms with Crippen molar-refractivity contribution in [2.75, 3.05) is 13.7 Å². The van der Waals surface area contributed by atoms with Gasteiger partial charge in [0.15, 0.2) is 11.5 Å². The van der Waals surface area contributed by atoms with E-state index in [-0.39, 0.29) is 0 Å². The molecule has 3 aromatic rings. The van der Waals surface area contributed by atoms with Crippen LogP contribution in [0.2, 0.25) is 0 Å². The minimum Gasteiger partial charge on any atom is -0.493 e. The Morgan fingerprint density at radius 1 is 1.12 bits per heavy atom. The van der Waals surface area contributed by atoms with Crippen LogP contribution in [-0.2, 0) is 4.74 Å². The first-order valence-electron chi connectivity index (χ1n) is 8.49. The molecular formula is C21H21NO4. The van der Waals surface area contributed by atoms with Crippen molar-refractivity contribution in [1.82, 2.24) is 4.98 Å². The smallest absolute Gasteiger partial charge is 0.338 e. The van der Waals surface area contributed by atoms with Crippen molar-refractivity contribution in [3.63, 3.8) is 0 Å². The molecule has 0 aliphatic heterocycles. The molecule has 0 bridgehead atoms. The molecule has 0 fully saturated rings. The van der Waals surface area contributed by atoms with E-state index in [1.807, 2.05) is 44.2 Å². The zero-order valence-corrected chi connectivity index (χ0v) is 15.1. The van der Waals surface area contributed by atoms with Gasteiger partial charge >= 0.3 is 5.97 Å². The summed E-state index contributed by atoms with van der Waals surface area (Å²) in [4.78, 5) is 16.9. The van der Waals surface area contributed by atoms with Crippen molar-refractivity contribution in [1.29, 1.82) is 0 Å². The van der Waals surface area contributed by atoms with Crippen LogP contribution >= 0.6 is 0 Å². The maximum absolute atomic E-state index is 12.5. The quantitative estimate of drug-likeness (QED) is 0.609. The molecule has 0 spiro atoms. The van der Waals surface area contributed by atoms with Gasteiger partial charge in [-0.1, -0.05) is 18.2 Å². The number of carbonyl (C=O) groups excluding carboxylic acids is 1. The summed E-state index contributed by atoms with van der Waals surface area (Å²) >= 11 is 0. The molecule has 0 radical (unpaired) electrons. The topological polar surface area (TPSA) is 57.7 Å². The Morgan fingerprint density at radius 3 is 2.69 bits per heavy atom. The molecule has 0 saturated carbocycles. The largest absolute Gasteiger partial charge is 0.493 e. The molecule has 1 atom stereocenters. The molecule has 1 unspecified atom stereocenters. The minimum absolute atomic E-state index is 0.408. The molecule has 5 nitrogen and oxygen atoms in total. The lowest BCUT2D eigenvalue weighted by Gasteiger charge is -2.15. The van der Waals surface area contributed by atoms with Gasteiger partial charge in [0, 0.05) is 17.1 Å². The van der Waals surface area contributed by atoms with Gasteiger partial charge in [-0.2, -0.15) is 0 Å². The first-order chi connectivity index (χ1) is 12.6. The highest BCUT2D eigenvalue weighted by Gasteiger charge is 2.17. The van der Waals surface area contributed by atoms with E-state index in [1.54, 1.807) is 24.4 Å². The number of nitrogens with zero attached hydrogens (tertiary/aromatic N) is 1. The standard InChI is InChI=1S/C21H21NO4/c1-4-25-19-10-9-16(12-20(19)24-3)21(23)26-14(2)17-11-15-7-5-6-8-18(15)22-13-17/h5-14H,4H2,1-3H3. The van der Waals surface area contributed by atoms with Crippen LogP contribution in [0.4, 0.5) is 0 Å². The van der Waals surface area contributed by atoms with Crippen LogP contribution in [0.1, 0.15) is 35.9 Å². The van der Waals surface area contributed by atoms with E-state index in [2.05, 4.69) is 4.98 Å². The van der Waals surface area contributed by atoms with Gasteiger partial charge in [-0.15, -0.1) is 0 Å². The van der Waals surface area contributed by atoms with Crippen molar-refractivity contribution < 1.29 is 19.0 Å². The molecule has 3 rings (SSSR count). The fourth-order valence-electron chi connectivity index (χ4n) is 2.68. The third-order valence-corrected chi connectivity index (χ3v) is 4.06. The predicted molar refractivity (Wildman–Crippen MR) is 99.7 cm³/mol. The summed E-state index contributed by atoms with van der Waals surface area (Å²) in [5.41, 5.74) is 2.16. The Bertz CT molecular complexity index is 923. The molecule has 1 heterocycles. The number of hydrogen-bond acceptors (Lipinski definition) is 5. The lowest BCUT2D eigenvalue weighted by atomic mass is 10.1. The van der Waals surface area contributed by atoms with Crippen LogP contribution in [0.25, 0.3) is 10.9 Å². The Hall–Kier alpha value is -3.08. The predicted octanol–water partition coefficient (Wildman–Crippen LogP) is 4.56. The third kappa shape index (κ3) is 3.77. The maximum atomic E-state index is 12.5. The highest BCUT2D eigenvalue weighted by molar-refractivity contribution is 5.90. The summed E-state index contributed by atoms with van der Waals surface area (Å²) in [6.45, 7) is 4.24. The normalized spacial score (nSPS) is 11.8. The summed E-state index contributed by atoms with van der Waals surface area (Å²) in [5.74, 6) is 0.673. The Kier molecular flexibility index (Phi) is 5.37. The van der Waals surface area contributed by atoms with Crippen LogP contribution in [-0.4, -0.2) is 24.7 Å². The maximum Gasteiger partial charge on any atom is 0.338 e. The van der Waals surface area contributed by atoms with Gasteiger partial charge in [-0.25, -0.2) is 4.79 Å². The number of fused-ring (bicyclic) bond motifs is 1. The van der Waals surface area contributed by atoms with Gasteiger partial charge < -0.3 is 14.2 Å². The Labute approximate surface area is 152 Å².